The Morgan fingerprint density at radius 1 is 1.05 bits per heavy atom. The second-order valence-corrected chi connectivity index (χ2v) is 5.43. The first-order chi connectivity index (χ1) is 9.42. The van der Waals surface area contributed by atoms with Crippen molar-refractivity contribution >= 4 is 10.9 Å². The van der Waals surface area contributed by atoms with E-state index in [2.05, 4.69) is 45.5 Å². The number of rotatable bonds is 5. The molecule has 102 valence electrons. The zero-order valence-corrected chi connectivity index (χ0v) is 11.5. The SMILES string of the molecule is c1ccc2[nH]c(CCCCN3CCNCC3)cc2c1. The molecule has 3 heteroatoms. The molecule has 0 amide bonds. The first-order valence-electron chi connectivity index (χ1n) is 7.41. The summed E-state index contributed by atoms with van der Waals surface area (Å²) in [6.45, 7) is 5.99. The normalized spacial score (nSPS) is 17.1. The number of hydrogen-bond donors (Lipinski definition) is 2. The Kier molecular flexibility index (Phi) is 4.16. The van der Waals surface area contributed by atoms with Gasteiger partial charge >= 0.3 is 0 Å². The molecule has 1 aromatic carbocycles. The predicted octanol–water partition coefficient (Wildman–Crippen LogP) is 2.40. The number of piperazine rings is 1. The molecule has 2 N–H and O–H groups in total. The molecular weight excluding hydrogens is 234 g/mol. The summed E-state index contributed by atoms with van der Waals surface area (Å²) < 4.78 is 0. The summed E-state index contributed by atoms with van der Waals surface area (Å²) in [6.07, 6.45) is 3.74. The van der Waals surface area contributed by atoms with E-state index < -0.39 is 0 Å². The zero-order valence-electron chi connectivity index (χ0n) is 11.5. The molecule has 2 heterocycles. The zero-order chi connectivity index (χ0) is 12.9. The number of hydrogen-bond acceptors (Lipinski definition) is 2. The van der Waals surface area contributed by atoms with Gasteiger partial charge in [0.05, 0.1) is 0 Å². The molecule has 1 aliphatic rings. The van der Waals surface area contributed by atoms with Crippen molar-refractivity contribution in [1.82, 2.24) is 15.2 Å². The molecule has 1 aliphatic heterocycles. The molecule has 3 nitrogen and oxygen atoms in total. The van der Waals surface area contributed by atoms with Crippen LogP contribution in [0.4, 0.5) is 0 Å². The highest BCUT2D eigenvalue weighted by molar-refractivity contribution is 5.80. The van der Waals surface area contributed by atoms with Crippen LogP contribution in [0.1, 0.15) is 18.5 Å². The van der Waals surface area contributed by atoms with Crippen LogP contribution in [0.5, 0.6) is 0 Å². The average molecular weight is 257 g/mol. The summed E-state index contributed by atoms with van der Waals surface area (Å²) in [4.78, 5) is 6.08. The van der Waals surface area contributed by atoms with Crippen LogP contribution in [-0.4, -0.2) is 42.6 Å². The fraction of sp³-hybridized carbons (Fsp3) is 0.500. The second-order valence-electron chi connectivity index (χ2n) is 5.43. The molecule has 0 saturated carbocycles. The molecule has 3 rings (SSSR count). The molecule has 0 spiro atoms. The van der Waals surface area contributed by atoms with Gasteiger partial charge in [-0.15, -0.1) is 0 Å². The highest BCUT2D eigenvalue weighted by Crippen LogP contribution is 2.16. The van der Waals surface area contributed by atoms with E-state index in [0.717, 1.165) is 13.1 Å². The first-order valence-corrected chi connectivity index (χ1v) is 7.41. The first kappa shape index (κ1) is 12.7. The van der Waals surface area contributed by atoms with Gasteiger partial charge in [0.15, 0.2) is 0 Å². The van der Waals surface area contributed by atoms with Gasteiger partial charge < -0.3 is 15.2 Å². The van der Waals surface area contributed by atoms with Gasteiger partial charge in [0.2, 0.25) is 0 Å². The number of unbranched alkanes of at least 4 members (excludes halogenated alkanes) is 1. The number of fused-ring (bicyclic) bond motifs is 1. The second kappa shape index (κ2) is 6.22. The maximum Gasteiger partial charge on any atom is 0.0456 e. The highest BCUT2D eigenvalue weighted by atomic mass is 15.2. The van der Waals surface area contributed by atoms with E-state index in [1.54, 1.807) is 0 Å². The Bertz CT molecular complexity index is 478. The molecule has 0 aliphatic carbocycles. The molecule has 1 aromatic heterocycles. The number of nitrogens with zero attached hydrogens (tertiary/aromatic N) is 1. The summed E-state index contributed by atoms with van der Waals surface area (Å²) in [6, 6.07) is 10.8. The topological polar surface area (TPSA) is 31.1 Å². The smallest absolute Gasteiger partial charge is 0.0456 e. The van der Waals surface area contributed by atoms with E-state index >= 15 is 0 Å². The van der Waals surface area contributed by atoms with Crippen LogP contribution >= 0.6 is 0 Å². The van der Waals surface area contributed by atoms with Crippen molar-refractivity contribution in [2.75, 3.05) is 32.7 Å². The summed E-state index contributed by atoms with van der Waals surface area (Å²) in [5.41, 5.74) is 2.64. The summed E-state index contributed by atoms with van der Waals surface area (Å²) in [5.74, 6) is 0. The minimum absolute atomic E-state index is 1.15. The standard InChI is InChI=1S/C16H23N3/c1-2-7-16-14(5-1)13-15(18-16)6-3-4-10-19-11-8-17-9-12-19/h1-2,5,7,13,17-18H,3-4,6,8-12H2. The van der Waals surface area contributed by atoms with E-state index in [9.17, 15) is 0 Å². The van der Waals surface area contributed by atoms with Gasteiger partial charge in [-0.1, -0.05) is 18.2 Å². The number of aryl methyl sites for hydroxylation is 1. The van der Waals surface area contributed by atoms with Gasteiger partial charge in [0.1, 0.15) is 0 Å². The largest absolute Gasteiger partial charge is 0.358 e. The van der Waals surface area contributed by atoms with Crippen LogP contribution in [0, 0.1) is 0 Å². The lowest BCUT2D eigenvalue weighted by Gasteiger charge is -2.26. The molecule has 0 radical (unpaired) electrons. The molecule has 0 bridgehead atoms. The average Bonchev–Trinajstić information content (AvgIpc) is 2.87. The fourth-order valence-electron chi connectivity index (χ4n) is 2.85. The number of para-hydroxylation sites is 1. The molecule has 19 heavy (non-hydrogen) atoms. The number of nitrogens with one attached hydrogen (secondary N) is 2. The van der Waals surface area contributed by atoms with Crippen LogP contribution < -0.4 is 5.32 Å². The maximum atomic E-state index is 3.51. The van der Waals surface area contributed by atoms with Crippen LogP contribution in [0.15, 0.2) is 30.3 Å². The third-order valence-electron chi connectivity index (χ3n) is 3.97. The Morgan fingerprint density at radius 2 is 1.89 bits per heavy atom. The van der Waals surface area contributed by atoms with Gasteiger partial charge in [-0.25, -0.2) is 0 Å². The monoisotopic (exact) mass is 257 g/mol. The van der Waals surface area contributed by atoms with Gasteiger partial charge in [-0.2, -0.15) is 0 Å². The lowest BCUT2D eigenvalue weighted by molar-refractivity contribution is 0.237. The lowest BCUT2D eigenvalue weighted by atomic mass is 10.1. The Balaban J connectivity index is 1.44. The van der Waals surface area contributed by atoms with E-state index in [0.29, 0.717) is 0 Å². The quantitative estimate of drug-likeness (QED) is 0.806. The fourth-order valence-corrected chi connectivity index (χ4v) is 2.85. The van der Waals surface area contributed by atoms with Gasteiger partial charge in [0.25, 0.3) is 0 Å². The van der Waals surface area contributed by atoms with Crippen LogP contribution in [-0.2, 0) is 6.42 Å². The van der Waals surface area contributed by atoms with Crippen molar-refractivity contribution in [3.05, 3.63) is 36.0 Å². The summed E-state index contributed by atoms with van der Waals surface area (Å²) in [5, 5.41) is 4.73. The third kappa shape index (κ3) is 3.37. The molecule has 1 fully saturated rings. The van der Waals surface area contributed by atoms with Gasteiger partial charge in [-0.3, -0.25) is 0 Å². The molecule has 0 unspecified atom stereocenters. The van der Waals surface area contributed by atoms with Crippen LogP contribution in [0.25, 0.3) is 10.9 Å². The van der Waals surface area contributed by atoms with E-state index in [4.69, 9.17) is 0 Å². The number of aromatic nitrogens is 1. The Morgan fingerprint density at radius 3 is 2.74 bits per heavy atom. The van der Waals surface area contributed by atoms with Crippen molar-refractivity contribution in [3.8, 4) is 0 Å². The Labute approximate surface area is 115 Å². The summed E-state index contributed by atoms with van der Waals surface area (Å²) >= 11 is 0. The minimum Gasteiger partial charge on any atom is -0.358 e. The summed E-state index contributed by atoms with van der Waals surface area (Å²) in [7, 11) is 0. The van der Waals surface area contributed by atoms with E-state index in [-0.39, 0.29) is 0 Å². The van der Waals surface area contributed by atoms with Crippen molar-refractivity contribution in [2.24, 2.45) is 0 Å². The molecule has 2 aromatic rings. The van der Waals surface area contributed by atoms with E-state index in [1.807, 2.05) is 0 Å². The Hall–Kier alpha value is -1.32. The van der Waals surface area contributed by atoms with Crippen molar-refractivity contribution in [2.45, 2.75) is 19.3 Å². The highest BCUT2D eigenvalue weighted by Gasteiger charge is 2.08. The van der Waals surface area contributed by atoms with Crippen LogP contribution in [0.3, 0.4) is 0 Å². The van der Waals surface area contributed by atoms with Crippen molar-refractivity contribution in [3.63, 3.8) is 0 Å². The lowest BCUT2D eigenvalue weighted by Crippen LogP contribution is -2.43. The van der Waals surface area contributed by atoms with Crippen molar-refractivity contribution < 1.29 is 0 Å². The van der Waals surface area contributed by atoms with Gasteiger partial charge in [-0.05, 0) is 43.3 Å². The third-order valence-corrected chi connectivity index (χ3v) is 3.97. The number of aromatic amines is 1. The van der Waals surface area contributed by atoms with Gasteiger partial charge in [0, 0.05) is 37.4 Å². The molecule has 1 saturated heterocycles. The number of benzene rings is 1. The number of H-pyrrole nitrogens is 1. The molecule has 0 atom stereocenters. The van der Waals surface area contributed by atoms with Crippen molar-refractivity contribution in [1.29, 1.82) is 0 Å². The predicted molar refractivity (Wildman–Crippen MR) is 80.5 cm³/mol. The molecular formula is C16H23N3. The minimum atomic E-state index is 1.15. The maximum absolute atomic E-state index is 3.51. The van der Waals surface area contributed by atoms with Crippen LogP contribution in [0.2, 0.25) is 0 Å². The van der Waals surface area contributed by atoms with E-state index in [1.165, 1.54) is 55.5 Å².